The molecule has 0 radical (unpaired) electrons. The van der Waals surface area contributed by atoms with Crippen LogP contribution in [0.2, 0.25) is 0 Å². The van der Waals surface area contributed by atoms with Gasteiger partial charge in [-0.05, 0) is 26.1 Å². The van der Waals surface area contributed by atoms with Crippen molar-refractivity contribution < 1.29 is 4.79 Å². The van der Waals surface area contributed by atoms with Crippen LogP contribution < -0.4 is 5.32 Å². The molecule has 1 atom stereocenters. The zero-order valence-corrected chi connectivity index (χ0v) is 10.4. The number of carbonyl (C=O) groups is 1. The molecule has 18 heavy (non-hydrogen) atoms. The van der Waals surface area contributed by atoms with Gasteiger partial charge in [0.25, 0.3) is 0 Å². The molecule has 1 aromatic carbocycles. The highest BCUT2D eigenvalue weighted by molar-refractivity contribution is 6.03. The molecule has 0 aliphatic carbocycles. The number of likely N-dealkylation sites (N-methyl/N-ethyl adjacent to an activating group) is 1. The summed E-state index contributed by atoms with van der Waals surface area (Å²) in [6.45, 7) is 2.13. The second kappa shape index (κ2) is 4.46. The molecule has 1 aliphatic rings. The number of hydrogen-bond acceptors (Lipinski definition) is 3. The lowest BCUT2D eigenvalue weighted by Crippen LogP contribution is -2.24. The molecule has 2 heterocycles. The average molecular weight is 243 g/mol. The molecule has 2 aromatic rings. The van der Waals surface area contributed by atoms with E-state index in [1.54, 1.807) is 0 Å². The van der Waals surface area contributed by atoms with Crippen LogP contribution in [0.25, 0.3) is 10.9 Å². The Bertz CT molecular complexity index is 575. The summed E-state index contributed by atoms with van der Waals surface area (Å²) < 4.78 is 0. The van der Waals surface area contributed by atoms with E-state index in [0.717, 1.165) is 48.1 Å². The first kappa shape index (κ1) is 11.3. The van der Waals surface area contributed by atoms with Gasteiger partial charge in [0.2, 0.25) is 0 Å². The van der Waals surface area contributed by atoms with Gasteiger partial charge in [-0.1, -0.05) is 18.2 Å². The van der Waals surface area contributed by atoms with Gasteiger partial charge in [0, 0.05) is 23.5 Å². The highest BCUT2D eigenvalue weighted by Gasteiger charge is 2.21. The van der Waals surface area contributed by atoms with E-state index < -0.39 is 0 Å². The van der Waals surface area contributed by atoms with E-state index in [1.807, 2.05) is 24.3 Å². The molecule has 1 unspecified atom stereocenters. The third kappa shape index (κ3) is 1.88. The molecule has 0 saturated carbocycles. The van der Waals surface area contributed by atoms with Crippen molar-refractivity contribution >= 4 is 23.0 Å². The standard InChI is InChI=1S/C14H17N3O/c1-17-7-6-10(8-17)15-14-12(9-18)11-4-2-3-5-13(11)16-14/h2-5,9-10,15-16H,6-8H2,1H3. The van der Waals surface area contributed by atoms with Gasteiger partial charge in [0.05, 0.1) is 5.56 Å². The van der Waals surface area contributed by atoms with Gasteiger partial charge in [-0.25, -0.2) is 0 Å². The first-order valence-corrected chi connectivity index (χ1v) is 6.29. The molecule has 1 saturated heterocycles. The highest BCUT2D eigenvalue weighted by Crippen LogP contribution is 2.26. The summed E-state index contributed by atoms with van der Waals surface area (Å²) in [6, 6.07) is 8.31. The van der Waals surface area contributed by atoms with Crippen molar-refractivity contribution in [3.63, 3.8) is 0 Å². The fourth-order valence-corrected chi connectivity index (χ4v) is 2.66. The number of benzene rings is 1. The van der Waals surface area contributed by atoms with Crippen LogP contribution in [-0.2, 0) is 0 Å². The van der Waals surface area contributed by atoms with Crippen molar-refractivity contribution in [2.75, 3.05) is 25.5 Å². The molecule has 2 N–H and O–H groups in total. The largest absolute Gasteiger partial charge is 0.367 e. The predicted octanol–water partition coefficient (Wildman–Crippen LogP) is 2.10. The van der Waals surface area contributed by atoms with Crippen LogP contribution in [0.3, 0.4) is 0 Å². The fourth-order valence-electron chi connectivity index (χ4n) is 2.66. The van der Waals surface area contributed by atoms with Crippen LogP contribution in [0.5, 0.6) is 0 Å². The number of rotatable bonds is 3. The molecule has 1 aliphatic heterocycles. The summed E-state index contributed by atoms with van der Waals surface area (Å²) in [5, 5.41) is 4.44. The fraction of sp³-hybridized carbons (Fsp3) is 0.357. The van der Waals surface area contributed by atoms with Crippen molar-refractivity contribution in [2.24, 2.45) is 0 Å². The quantitative estimate of drug-likeness (QED) is 0.812. The van der Waals surface area contributed by atoms with Gasteiger partial charge >= 0.3 is 0 Å². The van der Waals surface area contributed by atoms with Gasteiger partial charge < -0.3 is 15.2 Å². The van der Waals surface area contributed by atoms with Crippen LogP contribution in [0.15, 0.2) is 24.3 Å². The maximum absolute atomic E-state index is 11.3. The normalized spacial score (nSPS) is 20.4. The topological polar surface area (TPSA) is 48.1 Å². The van der Waals surface area contributed by atoms with Crippen LogP contribution >= 0.6 is 0 Å². The number of nitrogens with zero attached hydrogens (tertiary/aromatic N) is 1. The number of likely N-dealkylation sites (tertiary alicyclic amines) is 1. The van der Waals surface area contributed by atoms with E-state index in [1.165, 1.54) is 0 Å². The van der Waals surface area contributed by atoms with Gasteiger partial charge in [-0.2, -0.15) is 0 Å². The molecule has 0 amide bonds. The van der Waals surface area contributed by atoms with E-state index in [0.29, 0.717) is 6.04 Å². The summed E-state index contributed by atoms with van der Waals surface area (Å²) in [6.07, 6.45) is 2.05. The van der Waals surface area contributed by atoms with Crippen molar-refractivity contribution in [1.82, 2.24) is 9.88 Å². The summed E-state index contributed by atoms with van der Waals surface area (Å²) in [7, 11) is 2.12. The Morgan fingerprint density at radius 3 is 3.00 bits per heavy atom. The third-order valence-corrected chi connectivity index (χ3v) is 3.60. The Labute approximate surface area is 106 Å². The molecular formula is C14H17N3O. The third-order valence-electron chi connectivity index (χ3n) is 3.60. The Morgan fingerprint density at radius 1 is 1.44 bits per heavy atom. The number of anilines is 1. The van der Waals surface area contributed by atoms with Gasteiger partial charge in [0.1, 0.15) is 5.82 Å². The van der Waals surface area contributed by atoms with E-state index >= 15 is 0 Å². The summed E-state index contributed by atoms with van der Waals surface area (Å²) >= 11 is 0. The summed E-state index contributed by atoms with van der Waals surface area (Å²) in [5.74, 6) is 0.853. The minimum atomic E-state index is 0.418. The number of hydrogen-bond donors (Lipinski definition) is 2. The number of H-pyrrole nitrogens is 1. The van der Waals surface area contributed by atoms with Crippen LogP contribution in [-0.4, -0.2) is 42.3 Å². The Kier molecular flexibility index (Phi) is 2.80. The van der Waals surface area contributed by atoms with E-state index in [9.17, 15) is 4.79 Å². The zero-order chi connectivity index (χ0) is 12.5. The minimum Gasteiger partial charge on any atom is -0.367 e. The minimum absolute atomic E-state index is 0.418. The van der Waals surface area contributed by atoms with E-state index in [2.05, 4.69) is 22.2 Å². The molecule has 1 fully saturated rings. The number of fused-ring (bicyclic) bond motifs is 1. The van der Waals surface area contributed by atoms with Crippen molar-refractivity contribution in [1.29, 1.82) is 0 Å². The summed E-state index contributed by atoms with van der Waals surface area (Å²) in [4.78, 5) is 16.9. The Morgan fingerprint density at radius 2 is 2.28 bits per heavy atom. The van der Waals surface area contributed by atoms with E-state index in [4.69, 9.17) is 0 Å². The molecule has 4 heteroatoms. The van der Waals surface area contributed by atoms with Crippen LogP contribution in [0.4, 0.5) is 5.82 Å². The van der Waals surface area contributed by atoms with Crippen molar-refractivity contribution in [3.05, 3.63) is 29.8 Å². The van der Waals surface area contributed by atoms with Gasteiger partial charge in [0.15, 0.2) is 6.29 Å². The average Bonchev–Trinajstić information content (AvgIpc) is 2.92. The van der Waals surface area contributed by atoms with E-state index in [-0.39, 0.29) is 0 Å². The summed E-state index contributed by atoms with van der Waals surface area (Å²) in [5.41, 5.74) is 1.74. The smallest absolute Gasteiger partial charge is 0.154 e. The lowest BCUT2D eigenvalue weighted by atomic mass is 10.2. The molecular weight excluding hydrogens is 226 g/mol. The van der Waals surface area contributed by atoms with Gasteiger partial charge in [-0.3, -0.25) is 4.79 Å². The second-order valence-electron chi connectivity index (χ2n) is 4.97. The lowest BCUT2D eigenvalue weighted by Gasteiger charge is -2.13. The predicted molar refractivity (Wildman–Crippen MR) is 73.2 cm³/mol. The maximum atomic E-state index is 11.3. The number of aromatic nitrogens is 1. The SMILES string of the molecule is CN1CCC(Nc2[nH]c3ccccc3c2C=O)C1. The highest BCUT2D eigenvalue weighted by atomic mass is 16.1. The number of aromatic amines is 1. The number of nitrogens with one attached hydrogen (secondary N) is 2. The molecule has 0 spiro atoms. The number of aldehydes is 1. The Balaban J connectivity index is 1.93. The van der Waals surface area contributed by atoms with Crippen molar-refractivity contribution in [2.45, 2.75) is 12.5 Å². The number of para-hydroxylation sites is 1. The van der Waals surface area contributed by atoms with Crippen molar-refractivity contribution in [3.8, 4) is 0 Å². The second-order valence-corrected chi connectivity index (χ2v) is 4.97. The van der Waals surface area contributed by atoms with Crippen LogP contribution in [0.1, 0.15) is 16.8 Å². The first-order valence-electron chi connectivity index (χ1n) is 6.29. The first-order chi connectivity index (χ1) is 8.78. The zero-order valence-electron chi connectivity index (χ0n) is 10.4. The molecule has 3 rings (SSSR count). The monoisotopic (exact) mass is 243 g/mol. The van der Waals surface area contributed by atoms with Gasteiger partial charge in [-0.15, -0.1) is 0 Å². The molecule has 1 aromatic heterocycles. The van der Waals surface area contributed by atoms with Crippen LogP contribution in [0, 0.1) is 0 Å². The lowest BCUT2D eigenvalue weighted by molar-refractivity contribution is 0.112. The molecule has 94 valence electrons. The maximum Gasteiger partial charge on any atom is 0.154 e. The molecule has 4 nitrogen and oxygen atoms in total. The Hall–Kier alpha value is -1.81. The molecule has 0 bridgehead atoms. The number of carbonyl (C=O) groups excluding carboxylic acids is 1.